The van der Waals surface area contributed by atoms with E-state index in [0.29, 0.717) is 23.7 Å². The van der Waals surface area contributed by atoms with Crippen LogP contribution in [0.4, 0.5) is 5.69 Å². The molecule has 0 bridgehead atoms. The molecule has 1 amide bonds. The average molecular weight is 342 g/mol. The van der Waals surface area contributed by atoms with Gasteiger partial charge in [-0.2, -0.15) is 0 Å². The van der Waals surface area contributed by atoms with E-state index >= 15 is 0 Å². The Kier molecular flexibility index (Phi) is 5.38. The number of aromatic nitrogens is 1. The molecular formula is C19H26N4O2. The second-order valence-electron chi connectivity index (χ2n) is 6.77. The first-order chi connectivity index (χ1) is 12.0. The number of carbonyl (C=O) groups is 1. The Labute approximate surface area is 148 Å². The highest BCUT2D eigenvalue weighted by molar-refractivity contribution is 5.99. The van der Waals surface area contributed by atoms with Crippen molar-refractivity contribution in [2.24, 2.45) is 5.92 Å². The van der Waals surface area contributed by atoms with Crippen molar-refractivity contribution in [3.05, 3.63) is 47.2 Å². The maximum absolute atomic E-state index is 12.2. The van der Waals surface area contributed by atoms with Crippen molar-refractivity contribution in [1.29, 1.82) is 0 Å². The number of benzene rings is 1. The molecule has 1 aliphatic rings. The Hall–Kier alpha value is -2.34. The number of likely N-dealkylation sites (tertiary alicyclic amines) is 1. The van der Waals surface area contributed by atoms with E-state index in [9.17, 15) is 4.79 Å². The molecule has 2 aromatic rings. The number of aryl methyl sites for hydroxylation is 2. The minimum absolute atomic E-state index is 0.0914. The number of nitrogens with one attached hydrogen (secondary N) is 1. The third-order valence-corrected chi connectivity index (χ3v) is 4.90. The van der Waals surface area contributed by atoms with Crippen LogP contribution in [0.3, 0.4) is 0 Å². The van der Waals surface area contributed by atoms with Crippen molar-refractivity contribution >= 4 is 11.6 Å². The highest BCUT2D eigenvalue weighted by Crippen LogP contribution is 2.19. The first-order valence-corrected chi connectivity index (χ1v) is 8.81. The van der Waals surface area contributed by atoms with Gasteiger partial charge in [-0.1, -0.05) is 12.1 Å². The summed E-state index contributed by atoms with van der Waals surface area (Å²) in [7, 11) is 0. The molecule has 25 heavy (non-hydrogen) atoms. The van der Waals surface area contributed by atoms with Crippen molar-refractivity contribution < 1.29 is 9.21 Å². The van der Waals surface area contributed by atoms with Crippen LogP contribution in [-0.2, 0) is 6.54 Å². The zero-order chi connectivity index (χ0) is 17.8. The van der Waals surface area contributed by atoms with E-state index in [1.807, 2.05) is 26.0 Å². The van der Waals surface area contributed by atoms with E-state index in [-0.39, 0.29) is 5.91 Å². The third kappa shape index (κ3) is 4.39. The number of oxazole rings is 1. The lowest BCUT2D eigenvalue weighted by Crippen LogP contribution is -2.38. The molecule has 1 saturated heterocycles. The first kappa shape index (κ1) is 17.5. The molecule has 2 heterocycles. The molecule has 0 spiro atoms. The zero-order valence-corrected chi connectivity index (χ0v) is 14.9. The molecule has 6 heteroatoms. The summed E-state index contributed by atoms with van der Waals surface area (Å²) < 4.78 is 5.66. The smallest absolute Gasteiger partial charge is 0.253 e. The second-order valence-corrected chi connectivity index (χ2v) is 6.77. The van der Waals surface area contributed by atoms with E-state index in [2.05, 4.69) is 15.2 Å². The van der Waals surface area contributed by atoms with Crippen LogP contribution in [0.1, 0.15) is 40.5 Å². The van der Waals surface area contributed by atoms with E-state index in [4.69, 9.17) is 10.2 Å². The van der Waals surface area contributed by atoms with Crippen molar-refractivity contribution in [2.45, 2.75) is 33.2 Å². The number of carbonyl (C=O) groups excluding carboxylic acids is 1. The van der Waals surface area contributed by atoms with Gasteiger partial charge in [0.05, 0.1) is 17.8 Å². The Bertz CT molecular complexity index is 713. The number of piperidine rings is 1. The lowest BCUT2D eigenvalue weighted by Gasteiger charge is -2.31. The molecule has 0 saturated carbocycles. The van der Waals surface area contributed by atoms with Crippen LogP contribution in [-0.4, -0.2) is 35.4 Å². The highest BCUT2D eigenvalue weighted by Gasteiger charge is 2.21. The van der Waals surface area contributed by atoms with E-state index in [0.717, 1.165) is 49.8 Å². The van der Waals surface area contributed by atoms with Crippen molar-refractivity contribution in [2.75, 3.05) is 25.4 Å². The summed E-state index contributed by atoms with van der Waals surface area (Å²) in [5, 5.41) is 3.02. The number of para-hydroxylation sites is 1. The molecule has 0 aliphatic carbocycles. The Morgan fingerprint density at radius 1 is 1.32 bits per heavy atom. The Balaban J connectivity index is 1.43. The Morgan fingerprint density at radius 2 is 2.04 bits per heavy atom. The maximum atomic E-state index is 12.2. The van der Waals surface area contributed by atoms with Gasteiger partial charge in [0.15, 0.2) is 0 Å². The number of anilines is 1. The molecular weight excluding hydrogens is 316 g/mol. The molecule has 3 rings (SSSR count). The van der Waals surface area contributed by atoms with Gasteiger partial charge in [-0.15, -0.1) is 0 Å². The number of nitrogen functional groups attached to an aromatic ring is 1. The van der Waals surface area contributed by atoms with Crippen LogP contribution in [0.15, 0.2) is 28.7 Å². The first-order valence-electron chi connectivity index (χ1n) is 8.81. The summed E-state index contributed by atoms with van der Waals surface area (Å²) in [6.07, 6.45) is 2.12. The summed E-state index contributed by atoms with van der Waals surface area (Å²) in [5.74, 6) is 2.10. The topological polar surface area (TPSA) is 84.4 Å². The number of rotatable bonds is 5. The van der Waals surface area contributed by atoms with Crippen LogP contribution >= 0.6 is 0 Å². The predicted molar refractivity (Wildman–Crippen MR) is 97.2 cm³/mol. The van der Waals surface area contributed by atoms with Gasteiger partial charge in [0.25, 0.3) is 5.91 Å². The molecule has 0 unspecified atom stereocenters. The fraction of sp³-hybridized carbons (Fsp3) is 0.474. The molecule has 0 radical (unpaired) electrons. The number of hydrogen-bond acceptors (Lipinski definition) is 5. The van der Waals surface area contributed by atoms with Gasteiger partial charge in [-0.05, 0) is 57.8 Å². The van der Waals surface area contributed by atoms with Gasteiger partial charge in [0.2, 0.25) is 5.89 Å². The third-order valence-electron chi connectivity index (χ3n) is 4.90. The normalized spacial score (nSPS) is 16.1. The van der Waals surface area contributed by atoms with Gasteiger partial charge < -0.3 is 15.5 Å². The second kappa shape index (κ2) is 7.70. The number of nitrogens with two attached hydrogens (primary N) is 1. The number of hydrogen-bond donors (Lipinski definition) is 2. The van der Waals surface area contributed by atoms with Gasteiger partial charge in [0, 0.05) is 12.2 Å². The molecule has 0 atom stereocenters. The molecule has 6 nitrogen and oxygen atoms in total. The summed E-state index contributed by atoms with van der Waals surface area (Å²) in [6, 6.07) is 7.17. The lowest BCUT2D eigenvalue weighted by molar-refractivity contribution is 0.0934. The summed E-state index contributed by atoms with van der Waals surface area (Å²) in [6.45, 7) is 7.35. The fourth-order valence-electron chi connectivity index (χ4n) is 3.18. The van der Waals surface area contributed by atoms with Crippen LogP contribution in [0.5, 0.6) is 0 Å². The monoisotopic (exact) mass is 342 g/mol. The van der Waals surface area contributed by atoms with E-state index in [1.54, 1.807) is 12.1 Å². The number of amides is 1. The van der Waals surface area contributed by atoms with Gasteiger partial charge >= 0.3 is 0 Å². The molecule has 1 aliphatic heterocycles. The molecule has 134 valence electrons. The number of nitrogens with zero attached hydrogens (tertiary/aromatic N) is 2. The summed E-state index contributed by atoms with van der Waals surface area (Å²) in [4.78, 5) is 19.0. The fourth-order valence-corrected chi connectivity index (χ4v) is 3.18. The molecule has 1 aromatic carbocycles. The minimum atomic E-state index is -0.0914. The van der Waals surface area contributed by atoms with Crippen molar-refractivity contribution in [3.63, 3.8) is 0 Å². The highest BCUT2D eigenvalue weighted by atomic mass is 16.4. The molecule has 1 fully saturated rings. The standard InChI is InChI=1S/C19H26N4O2/c1-13-14(2)25-18(22-13)12-23-9-7-15(8-10-23)11-21-19(24)16-5-3-4-6-17(16)20/h3-6,15H,7-12,20H2,1-2H3,(H,21,24). The minimum Gasteiger partial charge on any atom is -0.444 e. The van der Waals surface area contributed by atoms with Crippen LogP contribution in [0.25, 0.3) is 0 Å². The maximum Gasteiger partial charge on any atom is 0.253 e. The average Bonchev–Trinajstić information content (AvgIpc) is 2.92. The molecule has 1 aromatic heterocycles. The van der Waals surface area contributed by atoms with Gasteiger partial charge in [-0.25, -0.2) is 4.98 Å². The predicted octanol–water partition coefficient (Wildman–Crippen LogP) is 2.52. The quantitative estimate of drug-likeness (QED) is 0.816. The van der Waals surface area contributed by atoms with Gasteiger partial charge in [-0.3, -0.25) is 9.69 Å². The lowest BCUT2D eigenvalue weighted by atomic mass is 9.96. The van der Waals surface area contributed by atoms with E-state index in [1.165, 1.54) is 0 Å². The van der Waals surface area contributed by atoms with E-state index < -0.39 is 0 Å². The van der Waals surface area contributed by atoms with Crippen molar-refractivity contribution in [1.82, 2.24) is 15.2 Å². The van der Waals surface area contributed by atoms with Crippen molar-refractivity contribution in [3.8, 4) is 0 Å². The van der Waals surface area contributed by atoms with Crippen LogP contribution in [0.2, 0.25) is 0 Å². The van der Waals surface area contributed by atoms with Gasteiger partial charge in [0.1, 0.15) is 5.76 Å². The Morgan fingerprint density at radius 3 is 2.68 bits per heavy atom. The summed E-state index contributed by atoms with van der Waals surface area (Å²) in [5.41, 5.74) is 7.89. The van der Waals surface area contributed by atoms with Crippen LogP contribution in [0, 0.1) is 19.8 Å². The largest absolute Gasteiger partial charge is 0.444 e. The molecule has 3 N–H and O–H groups in total. The van der Waals surface area contributed by atoms with Crippen LogP contribution < -0.4 is 11.1 Å². The summed E-state index contributed by atoms with van der Waals surface area (Å²) >= 11 is 0. The SMILES string of the molecule is Cc1nc(CN2CCC(CNC(=O)c3ccccc3N)CC2)oc1C. The zero-order valence-electron chi connectivity index (χ0n) is 14.9.